The predicted molar refractivity (Wildman–Crippen MR) is 89.3 cm³/mol. The molecular formula is C19H21N3O2. The van der Waals surface area contributed by atoms with Crippen LogP contribution in [-0.2, 0) is 32.4 Å². The quantitative estimate of drug-likeness (QED) is 0.720. The summed E-state index contributed by atoms with van der Waals surface area (Å²) in [6, 6.07) is 12.5. The molecule has 0 atom stereocenters. The number of fused-ring (bicyclic) bond motifs is 1. The van der Waals surface area contributed by atoms with Crippen LogP contribution in [0.5, 0.6) is 0 Å². The van der Waals surface area contributed by atoms with Gasteiger partial charge in [-0.3, -0.25) is 4.90 Å². The SMILES string of the molecule is c1ccc(CCc2noc(CN3CCCc4occc4C3)n2)cc1. The molecule has 3 aromatic rings. The zero-order valence-electron chi connectivity index (χ0n) is 13.6. The number of benzene rings is 1. The van der Waals surface area contributed by atoms with Crippen LogP contribution >= 0.6 is 0 Å². The molecule has 4 rings (SSSR count). The molecule has 2 aromatic heterocycles. The number of aromatic nitrogens is 2. The van der Waals surface area contributed by atoms with Gasteiger partial charge in [0.25, 0.3) is 0 Å². The van der Waals surface area contributed by atoms with E-state index in [1.165, 1.54) is 11.1 Å². The Hall–Kier alpha value is -2.40. The van der Waals surface area contributed by atoms with Gasteiger partial charge in [-0.2, -0.15) is 4.98 Å². The summed E-state index contributed by atoms with van der Waals surface area (Å²) >= 11 is 0. The van der Waals surface area contributed by atoms with Gasteiger partial charge in [-0.05, 0) is 31.0 Å². The largest absolute Gasteiger partial charge is 0.469 e. The van der Waals surface area contributed by atoms with Crippen LogP contribution in [0.25, 0.3) is 0 Å². The standard InChI is InChI=1S/C19H21N3O2/c1-2-5-15(6-3-1)8-9-18-20-19(24-21-18)14-22-11-4-7-17-16(13-22)10-12-23-17/h1-3,5-6,10,12H,4,7-9,11,13-14H2. The van der Waals surface area contributed by atoms with Gasteiger partial charge in [0.2, 0.25) is 5.89 Å². The second kappa shape index (κ2) is 7.01. The molecule has 0 saturated heterocycles. The Morgan fingerprint density at radius 2 is 2.00 bits per heavy atom. The summed E-state index contributed by atoms with van der Waals surface area (Å²) in [5.41, 5.74) is 2.57. The lowest BCUT2D eigenvalue weighted by Gasteiger charge is -2.16. The van der Waals surface area contributed by atoms with E-state index in [1.54, 1.807) is 6.26 Å². The first-order chi connectivity index (χ1) is 11.9. The molecule has 5 heteroatoms. The third-order valence-electron chi connectivity index (χ3n) is 4.46. The van der Waals surface area contributed by atoms with Crippen molar-refractivity contribution >= 4 is 0 Å². The van der Waals surface area contributed by atoms with E-state index in [9.17, 15) is 0 Å². The lowest BCUT2D eigenvalue weighted by molar-refractivity contribution is 0.221. The molecule has 0 radical (unpaired) electrons. The number of nitrogens with zero attached hydrogens (tertiary/aromatic N) is 3. The summed E-state index contributed by atoms with van der Waals surface area (Å²) in [6.07, 6.45) is 5.62. The second-order valence-corrected chi connectivity index (χ2v) is 6.27. The van der Waals surface area contributed by atoms with Crippen LogP contribution in [-0.4, -0.2) is 21.6 Å². The van der Waals surface area contributed by atoms with E-state index in [0.717, 1.165) is 50.4 Å². The molecule has 0 unspecified atom stereocenters. The van der Waals surface area contributed by atoms with Crippen molar-refractivity contribution in [2.24, 2.45) is 0 Å². The first-order valence-corrected chi connectivity index (χ1v) is 8.50. The van der Waals surface area contributed by atoms with Crippen molar-refractivity contribution in [3.63, 3.8) is 0 Å². The maximum Gasteiger partial charge on any atom is 0.240 e. The van der Waals surface area contributed by atoms with Crippen LogP contribution in [0.3, 0.4) is 0 Å². The third-order valence-corrected chi connectivity index (χ3v) is 4.46. The molecule has 1 aliphatic heterocycles. The summed E-state index contributed by atoms with van der Waals surface area (Å²) in [7, 11) is 0. The van der Waals surface area contributed by atoms with Gasteiger partial charge in [0.15, 0.2) is 5.82 Å². The molecule has 0 spiro atoms. The summed E-state index contributed by atoms with van der Waals surface area (Å²) in [6.45, 7) is 2.60. The first kappa shape index (κ1) is 15.1. The highest BCUT2D eigenvalue weighted by atomic mass is 16.5. The molecule has 0 amide bonds. The number of furan rings is 1. The number of aryl methyl sites for hydroxylation is 3. The zero-order valence-corrected chi connectivity index (χ0v) is 13.6. The van der Waals surface area contributed by atoms with Gasteiger partial charge in [0.05, 0.1) is 12.8 Å². The fourth-order valence-electron chi connectivity index (χ4n) is 3.19. The smallest absolute Gasteiger partial charge is 0.240 e. The summed E-state index contributed by atoms with van der Waals surface area (Å²) in [5, 5.41) is 4.12. The van der Waals surface area contributed by atoms with Crippen molar-refractivity contribution in [2.45, 2.75) is 38.8 Å². The molecule has 0 fully saturated rings. The van der Waals surface area contributed by atoms with Crippen molar-refractivity contribution in [2.75, 3.05) is 6.54 Å². The zero-order chi connectivity index (χ0) is 16.2. The number of rotatable bonds is 5. The molecule has 0 aliphatic carbocycles. The Morgan fingerprint density at radius 3 is 2.92 bits per heavy atom. The topological polar surface area (TPSA) is 55.3 Å². The second-order valence-electron chi connectivity index (χ2n) is 6.27. The highest BCUT2D eigenvalue weighted by Gasteiger charge is 2.18. The summed E-state index contributed by atoms with van der Waals surface area (Å²) in [5.74, 6) is 2.60. The molecule has 1 aliphatic rings. The van der Waals surface area contributed by atoms with Gasteiger partial charge in [0, 0.05) is 24.9 Å². The molecule has 1 aromatic carbocycles. The van der Waals surface area contributed by atoms with E-state index in [4.69, 9.17) is 8.94 Å². The average Bonchev–Trinajstić information content (AvgIpc) is 3.20. The van der Waals surface area contributed by atoms with Crippen molar-refractivity contribution in [1.82, 2.24) is 15.0 Å². The summed E-state index contributed by atoms with van der Waals surface area (Å²) in [4.78, 5) is 6.89. The lowest BCUT2D eigenvalue weighted by Crippen LogP contribution is -2.22. The normalized spacial score (nSPS) is 15.2. The molecule has 5 nitrogen and oxygen atoms in total. The van der Waals surface area contributed by atoms with Crippen molar-refractivity contribution < 1.29 is 8.94 Å². The minimum absolute atomic E-state index is 0.697. The highest BCUT2D eigenvalue weighted by Crippen LogP contribution is 2.20. The van der Waals surface area contributed by atoms with Crippen LogP contribution in [0.4, 0.5) is 0 Å². The van der Waals surface area contributed by atoms with E-state index >= 15 is 0 Å². The Bertz CT molecular complexity index is 779. The Balaban J connectivity index is 1.35. The maximum absolute atomic E-state index is 5.53. The Labute approximate surface area is 141 Å². The van der Waals surface area contributed by atoms with Crippen LogP contribution in [0, 0.1) is 0 Å². The summed E-state index contributed by atoms with van der Waals surface area (Å²) < 4.78 is 11.0. The minimum Gasteiger partial charge on any atom is -0.469 e. The van der Waals surface area contributed by atoms with Gasteiger partial charge in [-0.1, -0.05) is 35.5 Å². The van der Waals surface area contributed by atoms with Crippen LogP contribution in [0.2, 0.25) is 0 Å². The average molecular weight is 323 g/mol. The third kappa shape index (κ3) is 3.57. The van der Waals surface area contributed by atoms with Crippen LogP contribution in [0.15, 0.2) is 51.6 Å². The number of hydrogen-bond donors (Lipinski definition) is 0. The van der Waals surface area contributed by atoms with E-state index in [1.807, 2.05) is 6.07 Å². The molecule has 24 heavy (non-hydrogen) atoms. The van der Waals surface area contributed by atoms with Crippen molar-refractivity contribution in [1.29, 1.82) is 0 Å². The molecule has 0 bridgehead atoms. The fourth-order valence-corrected chi connectivity index (χ4v) is 3.19. The van der Waals surface area contributed by atoms with E-state index in [-0.39, 0.29) is 0 Å². The van der Waals surface area contributed by atoms with Gasteiger partial charge < -0.3 is 8.94 Å². The van der Waals surface area contributed by atoms with E-state index in [0.29, 0.717) is 12.4 Å². The van der Waals surface area contributed by atoms with Crippen LogP contribution in [0.1, 0.15) is 35.0 Å². The predicted octanol–water partition coefficient (Wildman–Crippen LogP) is 3.40. The molecule has 3 heterocycles. The fraction of sp³-hybridized carbons (Fsp3) is 0.368. The monoisotopic (exact) mass is 323 g/mol. The van der Waals surface area contributed by atoms with Gasteiger partial charge in [-0.15, -0.1) is 0 Å². The van der Waals surface area contributed by atoms with E-state index < -0.39 is 0 Å². The first-order valence-electron chi connectivity index (χ1n) is 8.50. The van der Waals surface area contributed by atoms with Gasteiger partial charge >= 0.3 is 0 Å². The maximum atomic E-state index is 5.53. The molecular weight excluding hydrogens is 302 g/mol. The highest BCUT2D eigenvalue weighted by molar-refractivity contribution is 5.18. The number of hydrogen-bond acceptors (Lipinski definition) is 5. The van der Waals surface area contributed by atoms with Gasteiger partial charge in [0.1, 0.15) is 5.76 Å². The Kier molecular flexibility index (Phi) is 4.42. The van der Waals surface area contributed by atoms with Crippen molar-refractivity contribution in [3.8, 4) is 0 Å². The van der Waals surface area contributed by atoms with Crippen LogP contribution < -0.4 is 0 Å². The van der Waals surface area contributed by atoms with Crippen molar-refractivity contribution in [3.05, 3.63) is 71.3 Å². The lowest BCUT2D eigenvalue weighted by atomic mass is 10.1. The molecule has 124 valence electrons. The molecule has 0 N–H and O–H groups in total. The minimum atomic E-state index is 0.697. The Morgan fingerprint density at radius 1 is 1.08 bits per heavy atom. The van der Waals surface area contributed by atoms with E-state index in [2.05, 4.69) is 45.4 Å². The van der Waals surface area contributed by atoms with Gasteiger partial charge in [-0.25, -0.2) is 0 Å². The molecule has 0 saturated carbocycles.